The number of amides is 1. The van der Waals surface area contributed by atoms with Crippen LogP contribution in [0.5, 0.6) is 0 Å². The molecule has 0 spiro atoms. The van der Waals surface area contributed by atoms with E-state index in [1.54, 1.807) is 0 Å². The maximum atomic E-state index is 13.1. The van der Waals surface area contributed by atoms with Crippen LogP contribution >= 0.6 is 0 Å². The minimum Gasteiger partial charge on any atom is -0.356 e. The van der Waals surface area contributed by atoms with E-state index in [-0.39, 0.29) is 17.9 Å². The quantitative estimate of drug-likeness (QED) is 0.804. The number of hydrogen-bond donors (Lipinski definition) is 1. The van der Waals surface area contributed by atoms with Crippen molar-refractivity contribution in [3.8, 4) is 6.07 Å². The van der Waals surface area contributed by atoms with Crippen molar-refractivity contribution >= 4 is 5.91 Å². The summed E-state index contributed by atoms with van der Waals surface area (Å²) < 4.78 is 0. The molecule has 6 nitrogen and oxygen atoms in total. The first kappa shape index (κ1) is 22.4. The third-order valence-electron chi connectivity index (χ3n) is 6.77. The number of pyridine rings is 1. The molecule has 3 heterocycles. The zero-order chi connectivity index (χ0) is 22.2. The van der Waals surface area contributed by atoms with Crippen molar-refractivity contribution < 1.29 is 4.79 Å². The average Bonchev–Trinajstić information content (AvgIpc) is 2.86. The highest BCUT2D eigenvalue weighted by Gasteiger charge is 2.37. The third kappa shape index (κ3) is 5.93. The predicted molar refractivity (Wildman–Crippen MR) is 124 cm³/mol. The molecule has 1 aromatic heterocycles. The van der Waals surface area contributed by atoms with Crippen molar-refractivity contribution in [1.29, 1.82) is 5.26 Å². The van der Waals surface area contributed by atoms with Crippen molar-refractivity contribution in [2.75, 3.05) is 26.2 Å². The normalized spacial score (nSPS) is 23.4. The van der Waals surface area contributed by atoms with Gasteiger partial charge in [0.2, 0.25) is 5.91 Å². The van der Waals surface area contributed by atoms with E-state index in [0.717, 1.165) is 58.5 Å². The largest absolute Gasteiger partial charge is 0.356 e. The molecule has 0 bridgehead atoms. The second kappa shape index (κ2) is 11.2. The Bertz CT molecular complexity index is 908. The van der Waals surface area contributed by atoms with Crippen LogP contribution in [0.15, 0.2) is 48.8 Å². The van der Waals surface area contributed by atoms with Crippen molar-refractivity contribution in [2.45, 2.75) is 51.2 Å². The zero-order valence-electron chi connectivity index (χ0n) is 18.7. The number of likely N-dealkylation sites (tertiary alicyclic amines) is 1. The molecule has 2 unspecified atom stereocenters. The lowest BCUT2D eigenvalue weighted by atomic mass is 9.88. The Morgan fingerprint density at radius 1 is 0.969 bits per heavy atom. The fraction of sp³-hybridized carbons (Fsp3) is 0.500. The summed E-state index contributed by atoms with van der Waals surface area (Å²) in [4.78, 5) is 22.3. The monoisotopic (exact) mass is 431 g/mol. The van der Waals surface area contributed by atoms with E-state index in [2.05, 4.69) is 38.3 Å². The number of rotatable bonds is 4. The number of aromatic nitrogens is 1. The highest BCUT2D eigenvalue weighted by Crippen LogP contribution is 2.27. The van der Waals surface area contributed by atoms with E-state index >= 15 is 0 Å². The Labute approximate surface area is 191 Å². The van der Waals surface area contributed by atoms with E-state index in [4.69, 9.17) is 5.26 Å². The van der Waals surface area contributed by atoms with Gasteiger partial charge in [0.25, 0.3) is 0 Å². The fourth-order valence-electron chi connectivity index (χ4n) is 4.98. The lowest BCUT2D eigenvalue weighted by Crippen LogP contribution is -2.56. The molecule has 4 rings (SSSR count). The molecule has 1 N–H and O–H groups in total. The number of nitriles is 1. The van der Waals surface area contributed by atoms with Gasteiger partial charge in [0.1, 0.15) is 0 Å². The molecule has 1 aromatic carbocycles. The first-order valence-electron chi connectivity index (χ1n) is 11.8. The molecule has 0 saturated carbocycles. The van der Waals surface area contributed by atoms with E-state index in [0.29, 0.717) is 5.56 Å². The van der Waals surface area contributed by atoms with Gasteiger partial charge in [-0.2, -0.15) is 5.26 Å². The molecule has 168 valence electrons. The predicted octanol–water partition coefficient (Wildman–Crippen LogP) is 3.34. The average molecular weight is 432 g/mol. The minimum absolute atomic E-state index is 0.0205. The third-order valence-corrected chi connectivity index (χ3v) is 6.77. The fourth-order valence-corrected chi connectivity index (χ4v) is 4.98. The molecule has 2 aromatic rings. The number of piperidine rings is 1. The van der Waals surface area contributed by atoms with Crippen LogP contribution in [0.3, 0.4) is 0 Å². The molecule has 32 heavy (non-hydrogen) atoms. The van der Waals surface area contributed by atoms with Crippen LogP contribution < -0.4 is 5.32 Å². The van der Waals surface area contributed by atoms with E-state index < -0.39 is 0 Å². The second-order valence-corrected chi connectivity index (χ2v) is 9.04. The second-order valence-electron chi connectivity index (χ2n) is 9.04. The van der Waals surface area contributed by atoms with Gasteiger partial charge in [-0.25, -0.2) is 0 Å². The van der Waals surface area contributed by atoms with Crippen LogP contribution in [0.1, 0.15) is 48.8 Å². The number of carbonyl (C=O) groups is 1. The summed E-state index contributed by atoms with van der Waals surface area (Å²) in [7, 11) is 0. The first-order chi connectivity index (χ1) is 15.7. The standard InChI is InChI=1S/C26H33N5O/c27-17-21-5-7-22(8-6-21)18-30-16-11-24-25(20-30)31(19-23-9-13-28-14-10-23)15-4-2-1-3-12-29-26(24)32/h5-10,13-14,24-25H,1-4,11-12,15-16,18-20H2,(H,29,32). The van der Waals surface area contributed by atoms with Crippen LogP contribution in [-0.2, 0) is 17.9 Å². The molecular weight excluding hydrogens is 398 g/mol. The Balaban J connectivity index is 1.53. The number of benzene rings is 1. The lowest BCUT2D eigenvalue weighted by molar-refractivity contribution is -0.129. The van der Waals surface area contributed by atoms with E-state index in [9.17, 15) is 4.79 Å². The Kier molecular flexibility index (Phi) is 7.87. The number of hydrogen-bond acceptors (Lipinski definition) is 5. The molecule has 2 fully saturated rings. The summed E-state index contributed by atoms with van der Waals surface area (Å²) in [6.45, 7) is 5.30. The highest BCUT2D eigenvalue weighted by molar-refractivity contribution is 5.79. The summed E-state index contributed by atoms with van der Waals surface area (Å²) in [5.74, 6) is 0.238. The number of nitrogens with one attached hydrogen (secondary N) is 1. The number of fused-ring (bicyclic) bond motifs is 1. The highest BCUT2D eigenvalue weighted by atomic mass is 16.1. The lowest BCUT2D eigenvalue weighted by Gasteiger charge is -2.43. The van der Waals surface area contributed by atoms with Gasteiger partial charge in [0.05, 0.1) is 17.6 Å². The smallest absolute Gasteiger partial charge is 0.224 e. The first-order valence-corrected chi connectivity index (χ1v) is 11.8. The maximum absolute atomic E-state index is 13.1. The zero-order valence-corrected chi connectivity index (χ0v) is 18.7. The maximum Gasteiger partial charge on any atom is 0.224 e. The van der Waals surface area contributed by atoms with Gasteiger partial charge in [-0.05, 0) is 67.7 Å². The van der Waals surface area contributed by atoms with Gasteiger partial charge in [0.15, 0.2) is 0 Å². The number of carbonyl (C=O) groups excluding carboxylic acids is 1. The van der Waals surface area contributed by atoms with Crippen LogP contribution in [0.2, 0.25) is 0 Å². The molecule has 2 atom stereocenters. The SMILES string of the molecule is N#Cc1ccc(CN2CCC3C(=O)NCCCCCCN(Cc4ccncc4)C3C2)cc1. The molecule has 0 radical (unpaired) electrons. The van der Waals surface area contributed by atoms with Gasteiger partial charge in [-0.3, -0.25) is 19.6 Å². The molecule has 0 aliphatic carbocycles. The van der Waals surface area contributed by atoms with Gasteiger partial charge < -0.3 is 5.32 Å². The summed E-state index contributed by atoms with van der Waals surface area (Å²) in [6, 6.07) is 14.4. The molecule has 1 amide bonds. The van der Waals surface area contributed by atoms with Gasteiger partial charge >= 0.3 is 0 Å². The summed E-state index contributed by atoms with van der Waals surface area (Å²) in [5, 5.41) is 12.3. The van der Waals surface area contributed by atoms with Gasteiger partial charge in [0, 0.05) is 44.6 Å². The summed E-state index contributed by atoms with van der Waals surface area (Å²) >= 11 is 0. The Hall–Kier alpha value is -2.75. The van der Waals surface area contributed by atoms with Crippen molar-refractivity contribution in [3.05, 3.63) is 65.5 Å². The minimum atomic E-state index is 0.0205. The molecule has 2 aliphatic rings. The molecule has 2 aliphatic heterocycles. The Morgan fingerprint density at radius 2 is 1.72 bits per heavy atom. The van der Waals surface area contributed by atoms with Crippen molar-refractivity contribution in [2.24, 2.45) is 5.92 Å². The van der Waals surface area contributed by atoms with Crippen molar-refractivity contribution in [3.63, 3.8) is 0 Å². The summed E-state index contributed by atoms with van der Waals surface area (Å²) in [5.41, 5.74) is 3.15. The molecule has 2 saturated heterocycles. The van der Waals surface area contributed by atoms with Crippen LogP contribution in [0.25, 0.3) is 0 Å². The topological polar surface area (TPSA) is 72.3 Å². The van der Waals surface area contributed by atoms with Crippen LogP contribution in [-0.4, -0.2) is 52.9 Å². The molecule has 6 heteroatoms. The van der Waals surface area contributed by atoms with Crippen molar-refractivity contribution in [1.82, 2.24) is 20.1 Å². The summed E-state index contributed by atoms with van der Waals surface area (Å²) in [6.07, 6.45) is 9.18. The number of nitrogens with zero attached hydrogens (tertiary/aromatic N) is 4. The van der Waals surface area contributed by atoms with Gasteiger partial charge in [-0.1, -0.05) is 25.0 Å². The van der Waals surface area contributed by atoms with Crippen LogP contribution in [0, 0.1) is 17.2 Å². The van der Waals surface area contributed by atoms with Gasteiger partial charge in [-0.15, -0.1) is 0 Å². The van der Waals surface area contributed by atoms with Crippen LogP contribution in [0.4, 0.5) is 0 Å². The molecular formula is C26H33N5O. The van der Waals surface area contributed by atoms with E-state index in [1.807, 2.05) is 36.7 Å². The Morgan fingerprint density at radius 3 is 2.50 bits per heavy atom. The van der Waals surface area contributed by atoms with E-state index in [1.165, 1.54) is 24.0 Å².